The number of nitrogens with zero attached hydrogens (tertiary/aromatic N) is 4. The number of esters is 1. The van der Waals surface area contributed by atoms with E-state index in [2.05, 4.69) is 45.4 Å². The summed E-state index contributed by atoms with van der Waals surface area (Å²) >= 11 is 0. The van der Waals surface area contributed by atoms with Crippen molar-refractivity contribution < 1.29 is 9.53 Å². The predicted octanol–water partition coefficient (Wildman–Crippen LogP) is 2.92. The zero-order valence-electron chi connectivity index (χ0n) is 16.2. The van der Waals surface area contributed by atoms with Gasteiger partial charge in [-0.2, -0.15) is 5.10 Å². The number of aromatic nitrogens is 4. The first-order valence-corrected chi connectivity index (χ1v) is 9.38. The zero-order chi connectivity index (χ0) is 18.7. The minimum Gasteiger partial charge on any atom is -0.461 e. The summed E-state index contributed by atoms with van der Waals surface area (Å²) in [5, 5.41) is 6.82. The van der Waals surface area contributed by atoms with Crippen LogP contribution in [0.3, 0.4) is 0 Å². The highest BCUT2D eigenvalue weighted by molar-refractivity contribution is 5.94. The normalized spacial score (nSPS) is 16.8. The summed E-state index contributed by atoms with van der Waals surface area (Å²) < 4.78 is 7.27. The van der Waals surface area contributed by atoms with Crippen LogP contribution in [0.25, 0.3) is 11.3 Å². The number of piperidine rings is 1. The second-order valence-corrected chi connectivity index (χ2v) is 7.80. The fourth-order valence-corrected chi connectivity index (χ4v) is 3.66. The van der Waals surface area contributed by atoms with Crippen molar-refractivity contribution in [1.82, 2.24) is 24.6 Å². The average molecular weight is 359 g/mol. The molecule has 3 rings (SSSR count). The van der Waals surface area contributed by atoms with E-state index in [1.54, 1.807) is 19.3 Å². The molecule has 0 bridgehead atoms. The van der Waals surface area contributed by atoms with Crippen LogP contribution in [0.1, 0.15) is 51.0 Å². The first-order valence-electron chi connectivity index (χ1n) is 9.38. The van der Waals surface area contributed by atoms with Crippen LogP contribution in [0.2, 0.25) is 0 Å². The lowest BCUT2D eigenvalue weighted by molar-refractivity contribution is 0.0520. The highest BCUT2D eigenvalue weighted by Crippen LogP contribution is 2.29. The Morgan fingerprint density at radius 3 is 2.77 bits per heavy atom. The van der Waals surface area contributed by atoms with E-state index < -0.39 is 5.97 Å². The third kappa shape index (κ3) is 3.82. The molecular formula is C19H29N5O2. The number of H-pyrrole nitrogens is 1. The minimum absolute atomic E-state index is 0.157. The van der Waals surface area contributed by atoms with E-state index in [1.165, 1.54) is 12.8 Å². The molecule has 0 aromatic carbocycles. The number of carbonyl (C=O) groups excluding carboxylic acids is 1. The Morgan fingerprint density at radius 2 is 2.08 bits per heavy atom. The van der Waals surface area contributed by atoms with Crippen molar-refractivity contribution in [2.75, 3.05) is 26.2 Å². The number of hydrogen-bond acceptors (Lipinski definition) is 5. The molecule has 1 aliphatic heterocycles. The Labute approximate surface area is 154 Å². The van der Waals surface area contributed by atoms with Crippen LogP contribution < -0.4 is 0 Å². The van der Waals surface area contributed by atoms with Crippen LogP contribution >= 0.6 is 0 Å². The molecule has 0 amide bonds. The fraction of sp³-hybridized carbons (Fsp3) is 0.632. The summed E-state index contributed by atoms with van der Waals surface area (Å²) in [5.41, 5.74) is 1.81. The van der Waals surface area contributed by atoms with Gasteiger partial charge in [0.2, 0.25) is 0 Å². The highest BCUT2D eigenvalue weighted by atomic mass is 16.5. The first kappa shape index (κ1) is 18.6. The zero-order valence-corrected chi connectivity index (χ0v) is 16.2. The number of nitrogens with one attached hydrogen (secondary N) is 1. The average Bonchev–Trinajstić information content (AvgIpc) is 3.25. The van der Waals surface area contributed by atoms with Gasteiger partial charge in [0.05, 0.1) is 42.1 Å². The van der Waals surface area contributed by atoms with Crippen LogP contribution in [0.4, 0.5) is 0 Å². The Kier molecular flexibility index (Phi) is 5.46. The highest BCUT2D eigenvalue weighted by Gasteiger charge is 2.29. The number of ether oxygens (including phenoxy) is 1. The van der Waals surface area contributed by atoms with Gasteiger partial charge in [-0.05, 0) is 52.6 Å². The molecule has 0 unspecified atom stereocenters. The number of aromatic amines is 1. The van der Waals surface area contributed by atoms with Gasteiger partial charge in [-0.3, -0.25) is 5.10 Å². The number of likely N-dealkylation sites (tertiary alicyclic amines) is 1. The summed E-state index contributed by atoms with van der Waals surface area (Å²) in [7, 11) is 0. The van der Waals surface area contributed by atoms with E-state index in [4.69, 9.17) is 4.74 Å². The summed E-state index contributed by atoms with van der Waals surface area (Å²) in [4.78, 5) is 19.1. The first-order chi connectivity index (χ1) is 12.4. The Bertz CT molecular complexity index is 741. The summed E-state index contributed by atoms with van der Waals surface area (Å²) in [6, 6.07) is 0. The molecule has 0 aliphatic carbocycles. The van der Waals surface area contributed by atoms with Crippen molar-refractivity contribution in [3.63, 3.8) is 0 Å². The quantitative estimate of drug-likeness (QED) is 0.803. The minimum atomic E-state index is -0.393. The molecule has 142 valence electrons. The maximum Gasteiger partial charge on any atom is 0.357 e. The molecule has 1 saturated heterocycles. The Morgan fingerprint density at radius 1 is 1.35 bits per heavy atom. The number of carbonyl (C=O) groups is 1. The van der Waals surface area contributed by atoms with E-state index in [1.807, 2.05) is 6.33 Å². The largest absolute Gasteiger partial charge is 0.461 e. The molecule has 1 fully saturated rings. The van der Waals surface area contributed by atoms with Gasteiger partial charge < -0.3 is 14.2 Å². The summed E-state index contributed by atoms with van der Waals surface area (Å²) in [5.74, 6) is 0.423. The van der Waals surface area contributed by atoms with E-state index >= 15 is 0 Å². The van der Waals surface area contributed by atoms with Gasteiger partial charge in [0.1, 0.15) is 0 Å². The molecule has 0 radical (unpaired) electrons. The third-order valence-corrected chi connectivity index (χ3v) is 5.17. The molecule has 0 atom stereocenters. The van der Waals surface area contributed by atoms with E-state index in [9.17, 15) is 4.79 Å². The van der Waals surface area contributed by atoms with E-state index in [0.717, 1.165) is 36.8 Å². The summed E-state index contributed by atoms with van der Waals surface area (Å²) in [6.45, 7) is 12.1. The van der Waals surface area contributed by atoms with Crippen molar-refractivity contribution in [2.45, 2.75) is 46.1 Å². The van der Waals surface area contributed by atoms with E-state index in [0.29, 0.717) is 12.3 Å². The molecule has 0 spiro atoms. The molecule has 2 aromatic rings. The second kappa shape index (κ2) is 7.61. The lowest BCUT2D eigenvalue weighted by atomic mass is 9.96. The molecule has 3 heterocycles. The maximum absolute atomic E-state index is 12.2. The Balaban J connectivity index is 1.84. The van der Waals surface area contributed by atoms with E-state index in [-0.39, 0.29) is 5.54 Å². The molecule has 26 heavy (non-hydrogen) atoms. The van der Waals surface area contributed by atoms with Crippen LogP contribution in [-0.4, -0.2) is 56.9 Å². The van der Waals surface area contributed by atoms with Gasteiger partial charge in [0.15, 0.2) is 5.69 Å². The van der Waals surface area contributed by atoms with Crippen molar-refractivity contribution in [3.8, 4) is 11.3 Å². The number of imidazole rings is 1. The van der Waals surface area contributed by atoms with Gasteiger partial charge >= 0.3 is 5.97 Å². The van der Waals surface area contributed by atoms with Crippen LogP contribution in [0.15, 0.2) is 18.7 Å². The van der Waals surface area contributed by atoms with Crippen LogP contribution in [-0.2, 0) is 10.3 Å². The van der Waals surface area contributed by atoms with Crippen molar-refractivity contribution in [2.24, 2.45) is 5.92 Å². The van der Waals surface area contributed by atoms with Crippen molar-refractivity contribution in [1.29, 1.82) is 0 Å². The molecule has 7 heteroatoms. The fourth-order valence-electron chi connectivity index (χ4n) is 3.66. The van der Waals surface area contributed by atoms with Gasteiger partial charge in [-0.1, -0.05) is 6.92 Å². The molecule has 0 saturated carbocycles. The number of rotatable bonds is 6. The standard InChI is InChI=1S/C19H29N5O2/c1-5-26-18(25)17-15(10-21-22-17)16-11-20-13-24(16)19(3,4)12-23-8-6-14(2)7-9-23/h10-11,13-14H,5-9,12H2,1-4H3,(H,21,22). The number of hydrogen-bond donors (Lipinski definition) is 1. The smallest absolute Gasteiger partial charge is 0.357 e. The van der Waals surface area contributed by atoms with Crippen molar-refractivity contribution in [3.05, 3.63) is 24.4 Å². The lowest BCUT2D eigenvalue weighted by Gasteiger charge is -2.38. The monoisotopic (exact) mass is 359 g/mol. The second-order valence-electron chi connectivity index (χ2n) is 7.80. The van der Waals surface area contributed by atoms with Crippen LogP contribution in [0.5, 0.6) is 0 Å². The maximum atomic E-state index is 12.2. The SMILES string of the molecule is CCOC(=O)c1[nH]ncc1-c1cncn1C(C)(C)CN1CCC(C)CC1. The lowest BCUT2D eigenvalue weighted by Crippen LogP contribution is -2.44. The van der Waals surface area contributed by atoms with Gasteiger partial charge in [0, 0.05) is 6.54 Å². The van der Waals surface area contributed by atoms with Crippen LogP contribution in [0, 0.1) is 5.92 Å². The molecular weight excluding hydrogens is 330 g/mol. The van der Waals surface area contributed by atoms with Crippen molar-refractivity contribution >= 4 is 5.97 Å². The Hall–Kier alpha value is -2.15. The molecule has 2 aromatic heterocycles. The summed E-state index contributed by atoms with van der Waals surface area (Å²) in [6.07, 6.45) is 7.79. The molecule has 1 N–H and O–H groups in total. The third-order valence-electron chi connectivity index (χ3n) is 5.17. The predicted molar refractivity (Wildman–Crippen MR) is 99.9 cm³/mol. The van der Waals surface area contributed by atoms with Gasteiger partial charge in [-0.25, -0.2) is 9.78 Å². The van der Waals surface area contributed by atoms with Gasteiger partial charge in [0.25, 0.3) is 0 Å². The molecule has 1 aliphatic rings. The van der Waals surface area contributed by atoms with Gasteiger partial charge in [-0.15, -0.1) is 0 Å². The molecule has 7 nitrogen and oxygen atoms in total. The topological polar surface area (TPSA) is 76.0 Å².